The topological polar surface area (TPSA) is 64.6 Å². The Morgan fingerprint density at radius 2 is 2.00 bits per heavy atom. The predicted octanol–water partition coefficient (Wildman–Crippen LogP) is 2.79. The zero-order valence-electron chi connectivity index (χ0n) is 12.0. The van der Waals surface area contributed by atoms with E-state index in [1.165, 1.54) is 7.11 Å². The summed E-state index contributed by atoms with van der Waals surface area (Å²) < 4.78 is 9.99. The molecule has 0 atom stereocenters. The lowest BCUT2D eigenvalue weighted by Crippen LogP contribution is -2.23. The van der Waals surface area contributed by atoms with Crippen LogP contribution in [-0.2, 0) is 14.3 Å². The third-order valence-corrected chi connectivity index (χ3v) is 2.98. The lowest BCUT2D eigenvalue weighted by atomic mass is 10.2. The zero-order chi connectivity index (χ0) is 15.3. The van der Waals surface area contributed by atoms with E-state index in [0.717, 1.165) is 5.56 Å². The normalized spacial score (nSPS) is 10.3. The number of halogens is 1. The van der Waals surface area contributed by atoms with E-state index < -0.39 is 11.9 Å². The average molecular weight is 300 g/mol. The first kappa shape index (κ1) is 16.3. The fourth-order valence-corrected chi connectivity index (χ4v) is 1.57. The molecular weight excluding hydrogens is 282 g/mol. The Hall–Kier alpha value is -1.75. The van der Waals surface area contributed by atoms with Gasteiger partial charge in [-0.05, 0) is 18.6 Å². The summed E-state index contributed by atoms with van der Waals surface area (Å²) >= 11 is 5.98. The number of anilines is 1. The van der Waals surface area contributed by atoms with Gasteiger partial charge in [0, 0.05) is 11.1 Å². The van der Waals surface area contributed by atoms with E-state index in [1.807, 2.05) is 6.92 Å². The van der Waals surface area contributed by atoms with Crippen molar-refractivity contribution in [3.05, 3.63) is 22.7 Å². The SMILES string of the molecule is COc1cc(Cl)c(C)cc1NC(=O)COC(=O)C(C)C. The highest BCUT2D eigenvalue weighted by Crippen LogP contribution is 2.30. The Morgan fingerprint density at radius 3 is 2.55 bits per heavy atom. The molecule has 0 bridgehead atoms. The molecule has 0 heterocycles. The van der Waals surface area contributed by atoms with Gasteiger partial charge in [-0.3, -0.25) is 9.59 Å². The van der Waals surface area contributed by atoms with Crippen molar-refractivity contribution in [2.45, 2.75) is 20.8 Å². The molecule has 0 spiro atoms. The monoisotopic (exact) mass is 299 g/mol. The predicted molar refractivity (Wildman–Crippen MR) is 77.2 cm³/mol. The summed E-state index contributed by atoms with van der Waals surface area (Å²) in [6.07, 6.45) is 0. The van der Waals surface area contributed by atoms with Crippen LogP contribution in [0.1, 0.15) is 19.4 Å². The van der Waals surface area contributed by atoms with Gasteiger partial charge in [-0.2, -0.15) is 0 Å². The number of carbonyl (C=O) groups is 2. The van der Waals surface area contributed by atoms with Crippen molar-refractivity contribution in [3.63, 3.8) is 0 Å². The molecule has 0 saturated heterocycles. The first-order valence-electron chi connectivity index (χ1n) is 6.15. The van der Waals surface area contributed by atoms with Crippen LogP contribution in [0, 0.1) is 12.8 Å². The molecule has 1 N–H and O–H groups in total. The summed E-state index contributed by atoms with van der Waals surface area (Å²) in [7, 11) is 1.48. The Morgan fingerprint density at radius 1 is 1.35 bits per heavy atom. The number of rotatable bonds is 5. The molecular formula is C14H18ClNO4. The molecule has 0 aliphatic carbocycles. The van der Waals surface area contributed by atoms with E-state index in [9.17, 15) is 9.59 Å². The first-order valence-corrected chi connectivity index (χ1v) is 6.53. The van der Waals surface area contributed by atoms with Crippen molar-refractivity contribution in [1.82, 2.24) is 0 Å². The Kier molecular flexibility index (Phi) is 5.82. The molecule has 0 aliphatic rings. The minimum absolute atomic E-state index is 0.268. The number of methoxy groups -OCH3 is 1. The second-order valence-corrected chi connectivity index (χ2v) is 5.02. The number of nitrogens with one attached hydrogen (secondary N) is 1. The van der Waals surface area contributed by atoms with E-state index in [4.69, 9.17) is 21.1 Å². The lowest BCUT2D eigenvalue weighted by Gasteiger charge is -2.12. The maximum Gasteiger partial charge on any atom is 0.308 e. The molecule has 20 heavy (non-hydrogen) atoms. The number of amides is 1. The average Bonchev–Trinajstić information content (AvgIpc) is 2.39. The van der Waals surface area contributed by atoms with Gasteiger partial charge in [-0.1, -0.05) is 25.4 Å². The minimum Gasteiger partial charge on any atom is -0.495 e. The third-order valence-electron chi connectivity index (χ3n) is 2.57. The van der Waals surface area contributed by atoms with E-state index in [2.05, 4.69) is 5.32 Å². The number of hydrogen-bond donors (Lipinski definition) is 1. The second-order valence-electron chi connectivity index (χ2n) is 4.61. The molecule has 0 saturated carbocycles. The number of carbonyl (C=O) groups excluding carboxylic acids is 2. The highest BCUT2D eigenvalue weighted by atomic mass is 35.5. The Balaban J connectivity index is 2.71. The van der Waals surface area contributed by atoms with Crippen LogP contribution in [0.5, 0.6) is 5.75 Å². The van der Waals surface area contributed by atoms with Gasteiger partial charge in [0.15, 0.2) is 6.61 Å². The van der Waals surface area contributed by atoms with Crippen molar-refractivity contribution >= 4 is 29.2 Å². The lowest BCUT2D eigenvalue weighted by molar-refractivity contribution is -0.150. The van der Waals surface area contributed by atoms with E-state index in [-0.39, 0.29) is 12.5 Å². The molecule has 6 heteroatoms. The van der Waals surface area contributed by atoms with Crippen molar-refractivity contribution < 1.29 is 19.1 Å². The van der Waals surface area contributed by atoms with Crippen molar-refractivity contribution in [1.29, 1.82) is 0 Å². The number of aryl methyl sites for hydroxylation is 1. The molecule has 1 rings (SSSR count). The third kappa shape index (κ3) is 4.42. The molecule has 1 amide bonds. The van der Waals surface area contributed by atoms with Crippen molar-refractivity contribution in [2.24, 2.45) is 5.92 Å². The van der Waals surface area contributed by atoms with Crippen molar-refractivity contribution in [2.75, 3.05) is 19.0 Å². The molecule has 5 nitrogen and oxygen atoms in total. The summed E-state index contributed by atoms with van der Waals surface area (Å²) in [5, 5.41) is 3.17. The van der Waals surface area contributed by atoms with Gasteiger partial charge in [0.25, 0.3) is 5.91 Å². The van der Waals surface area contributed by atoms with Crippen LogP contribution in [0.2, 0.25) is 5.02 Å². The van der Waals surface area contributed by atoms with E-state index in [0.29, 0.717) is 16.5 Å². The highest BCUT2D eigenvalue weighted by molar-refractivity contribution is 6.31. The van der Waals surface area contributed by atoms with Crippen LogP contribution in [0.3, 0.4) is 0 Å². The van der Waals surface area contributed by atoms with Crippen molar-refractivity contribution in [3.8, 4) is 5.75 Å². The second kappa shape index (κ2) is 7.14. The minimum atomic E-state index is -0.431. The smallest absolute Gasteiger partial charge is 0.308 e. The number of hydrogen-bond acceptors (Lipinski definition) is 4. The van der Waals surface area contributed by atoms with Gasteiger partial charge in [0.05, 0.1) is 18.7 Å². The Labute approximate surface area is 123 Å². The molecule has 0 aromatic heterocycles. The molecule has 110 valence electrons. The summed E-state index contributed by atoms with van der Waals surface area (Å²) in [6.45, 7) is 4.88. The molecule has 0 fully saturated rings. The van der Waals surface area contributed by atoms with Crippen LogP contribution < -0.4 is 10.1 Å². The standard InChI is InChI=1S/C14H18ClNO4/c1-8(2)14(18)20-7-13(17)16-11-5-9(3)10(15)6-12(11)19-4/h5-6,8H,7H2,1-4H3,(H,16,17). The van der Waals surface area contributed by atoms with Crippen LogP contribution in [0.25, 0.3) is 0 Å². The Bertz CT molecular complexity index is 514. The van der Waals surface area contributed by atoms with E-state index in [1.54, 1.807) is 26.0 Å². The maximum atomic E-state index is 11.7. The van der Waals surface area contributed by atoms with Gasteiger partial charge < -0.3 is 14.8 Å². The summed E-state index contributed by atoms with van der Waals surface area (Å²) in [5.74, 6) is -0.669. The number of ether oxygens (including phenoxy) is 2. The maximum absolute atomic E-state index is 11.7. The van der Waals surface area contributed by atoms with Gasteiger partial charge >= 0.3 is 5.97 Å². The van der Waals surface area contributed by atoms with Gasteiger partial charge in [-0.25, -0.2) is 0 Å². The van der Waals surface area contributed by atoms with Gasteiger partial charge in [-0.15, -0.1) is 0 Å². The summed E-state index contributed by atoms with van der Waals surface area (Å²) in [4.78, 5) is 23.0. The molecule has 1 aromatic rings. The first-order chi connectivity index (χ1) is 9.35. The van der Waals surface area contributed by atoms with Crippen LogP contribution >= 0.6 is 11.6 Å². The zero-order valence-corrected chi connectivity index (χ0v) is 12.7. The molecule has 1 aromatic carbocycles. The van der Waals surface area contributed by atoms with E-state index >= 15 is 0 Å². The van der Waals surface area contributed by atoms with Crippen LogP contribution in [0.4, 0.5) is 5.69 Å². The van der Waals surface area contributed by atoms with Gasteiger partial charge in [0.2, 0.25) is 0 Å². The molecule has 0 unspecified atom stereocenters. The highest BCUT2D eigenvalue weighted by Gasteiger charge is 2.13. The number of benzene rings is 1. The van der Waals surface area contributed by atoms with Gasteiger partial charge in [0.1, 0.15) is 5.75 Å². The summed E-state index contributed by atoms with van der Waals surface area (Å²) in [6, 6.07) is 3.32. The summed E-state index contributed by atoms with van der Waals surface area (Å²) in [5.41, 5.74) is 1.29. The largest absolute Gasteiger partial charge is 0.495 e. The number of esters is 1. The fourth-order valence-electron chi connectivity index (χ4n) is 1.42. The molecule has 0 radical (unpaired) electrons. The molecule has 0 aliphatic heterocycles. The quantitative estimate of drug-likeness (QED) is 0.849. The van der Waals surface area contributed by atoms with Crippen LogP contribution in [-0.4, -0.2) is 25.6 Å². The van der Waals surface area contributed by atoms with Crippen LogP contribution in [0.15, 0.2) is 12.1 Å². The fraction of sp³-hybridized carbons (Fsp3) is 0.429.